The van der Waals surface area contributed by atoms with Crippen LogP contribution in [0.25, 0.3) is 0 Å². The van der Waals surface area contributed by atoms with Crippen molar-refractivity contribution in [3.05, 3.63) is 27.1 Å². The van der Waals surface area contributed by atoms with Crippen LogP contribution in [-0.4, -0.2) is 43.0 Å². The van der Waals surface area contributed by atoms with E-state index in [1.807, 2.05) is 18.2 Å². The van der Waals surface area contributed by atoms with Crippen LogP contribution in [0.5, 0.6) is 0 Å². The van der Waals surface area contributed by atoms with E-state index in [1.165, 1.54) is 0 Å². The van der Waals surface area contributed by atoms with E-state index in [0.717, 1.165) is 34.3 Å². The molecule has 1 aromatic rings. The van der Waals surface area contributed by atoms with Crippen molar-refractivity contribution in [2.24, 2.45) is 0 Å². The first-order chi connectivity index (χ1) is 9.06. The highest BCUT2D eigenvalue weighted by Gasteiger charge is 2.20. The molecule has 0 spiro atoms. The van der Waals surface area contributed by atoms with Crippen LogP contribution in [-0.2, 0) is 4.79 Å². The second kappa shape index (κ2) is 6.83. The van der Waals surface area contributed by atoms with E-state index in [2.05, 4.69) is 54.3 Å². The highest BCUT2D eigenvalue weighted by molar-refractivity contribution is 9.11. The molecule has 0 radical (unpaired) electrons. The molecule has 0 saturated carbocycles. The lowest BCUT2D eigenvalue weighted by Gasteiger charge is -2.33. The van der Waals surface area contributed by atoms with E-state index >= 15 is 0 Å². The fraction of sp³-hybridized carbons (Fsp3) is 0.462. The summed E-state index contributed by atoms with van der Waals surface area (Å²) in [5.74, 6) is 0.0248. The van der Waals surface area contributed by atoms with E-state index in [9.17, 15) is 4.79 Å². The third kappa shape index (κ3) is 4.27. The van der Waals surface area contributed by atoms with E-state index in [1.54, 1.807) is 0 Å². The van der Waals surface area contributed by atoms with Gasteiger partial charge in [0.1, 0.15) is 0 Å². The summed E-state index contributed by atoms with van der Waals surface area (Å²) in [6, 6.07) is 6.11. The Morgan fingerprint density at radius 1 is 1.53 bits per heavy atom. The molecular weight excluding hydrogens is 374 g/mol. The Bertz CT molecular complexity index is 467. The van der Waals surface area contributed by atoms with Crippen LogP contribution >= 0.6 is 31.9 Å². The molecule has 2 rings (SSSR count). The van der Waals surface area contributed by atoms with E-state index in [0.29, 0.717) is 12.6 Å². The van der Waals surface area contributed by atoms with Gasteiger partial charge in [0, 0.05) is 34.6 Å². The number of hydrogen-bond acceptors (Lipinski definition) is 3. The lowest BCUT2D eigenvalue weighted by Crippen LogP contribution is -2.52. The van der Waals surface area contributed by atoms with Gasteiger partial charge < -0.3 is 10.6 Å². The molecule has 19 heavy (non-hydrogen) atoms. The molecule has 1 atom stereocenters. The van der Waals surface area contributed by atoms with Crippen LogP contribution in [0, 0.1) is 0 Å². The summed E-state index contributed by atoms with van der Waals surface area (Å²) < 4.78 is 1.86. The summed E-state index contributed by atoms with van der Waals surface area (Å²) in [6.45, 7) is 5.37. The minimum Gasteiger partial charge on any atom is -0.324 e. The number of piperazine rings is 1. The Balaban J connectivity index is 1.93. The van der Waals surface area contributed by atoms with Crippen molar-refractivity contribution in [1.82, 2.24) is 10.2 Å². The maximum atomic E-state index is 12.1. The number of amides is 1. The Morgan fingerprint density at radius 2 is 2.32 bits per heavy atom. The lowest BCUT2D eigenvalue weighted by molar-refractivity contribution is -0.118. The molecule has 0 bridgehead atoms. The van der Waals surface area contributed by atoms with Crippen molar-refractivity contribution in [2.45, 2.75) is 13.0 Å². The first-order valence-electron chi connectivity index (χ1n) is 6.26. The van der Waals surface area contributed by atoms with Crippen LogP contribution in [0.4, 0.5) is 5.69 Å². The molecule has 1 amide bonds. The summed E-state index contributed by atoms with van der Waals surface area (Å²) in [5.41, 5.74) is 0.802. The molecule has 2 N–H and O–H groups in total. The van der Waals surface area contributed by atoms with Crippen molar-refractivity contribution in [1.29, 1.82) is 0 Å². The maximum absolute atomic E-state index is 12.1. The number of halogens is 2. The van der Waals surface area contributed by atoms with Crippen LogP contribution in [0.15, 0.2) is 27.1 Å². The van der Waals surface area contributed by atoms with Gasteiger partial charge in [-0.2, -0.15) is 0 Å². The van der Waals surface area contributed by atoms with Gasteiger partial charge >= 0.3 is 0 Å². The first-order valence-corrected chi connectivity index (χ1v) is 7.84. The van der Waals surface area contributed by atoms with E-state index in [-0.39, 0.29) is 5.91 Å². The molecule has 0 unspecified atom stereocenters. The SMILES string of the molecule is C[C@@H]1CNCCN1CC(=O)Nc1ccc(Br)cc1Br. The third-order valence-electron chi connectivity index (χ3n) is 3.19. The summed E-state index contributed by atoms with van der Waals surface area (Å²) in [4.78, 5) is 14.3. The fourth-order valence-electron chi connectivity index (χ4n) is 2.08. The normalized spacial score (nSPS) is 20.3. The minimum atomic E-state index is 0.0248. The van der Waals surface area contributed by atoms with Crippen molar-refractivity contribution in [2.75, 3.05) is 31.5 Å². The average Bonchev–Trinajstić information content (AvgIpc) is 2.36. The first kappa shape index (κ1) is 15.0. The zero-order valence-corrected chi connectivity index (χ0v) is 13.9. The molecule has 1 fully saturated rings. The smallest absolute Gasteiger partial charge is 0.238 e. The van der Waals surface area contributed by atoms with E-state index < -0.39 is 0 Å². The molecule has 104 valence electrons. The predicted molar refractivity (Wildman–Crippen MR) is 84.4 cm³/mol. The fourth-order valence-corrected chi connectivity index (χ4v) is 3.23. The molecular formula is C13H17Br2N3O. The Kier molecular flexibility index (Phi) is 5.38. The van der Waals surface area contributed by atoms with Crippen LogP contribution in [0.3, 0.4) is 0 Å². The Labute approximate surface area is 130 Å². The molecule has 0 aliphatic carbocycles. The van der Waals surface area contributed by atoms with Gasteiger partial charge in [-0.25, -0.2) is 0 Å². The monoisotopic (exact) mass is 389 g/mol. The van der Waals surface area contributed by atoms with Crippen LogP contribution in [0.1, 0.15) is 6.92 Å². The second-order valence-electron chi connectivity index (χ2n) is 4.70. The third-order valence-corrected chi connectivity index (χ3v) is 4.34. The molecule has 1 heterocycles. The van der Waals surface area contributed by atoms with Gasteiger partial charge in [-0.1, -0.05) is 15.9 Å². The van der Waals surface area contributed by atoms with E-state index in [4.69, 9.17) is 0 Å². The number of nitrogens with zero attached hydrogens (tertiary/aromatic N) is 1. The van der Waals surface area contributed by atoms with Gasteiger partial charge in [0.2, 0.25) is 5.91 Å². The summed E-state index contributed by atoms with van der Waals surface area (Å²) in [6.07, 6.45) is 0. The molecule has 4 nitrogen and oxygen atoms in total. The molecule has 1 aliphatic heterocycles. The Morgan fingerprint density at radius 3 is 3.00 bits per heavy atom. The highest BCUT2D eigenvalue weighted by atomic mass is 79.9. The predicted octanol–water partition coefficient (Wildman–Crippen LogP) is 2.44. The van der Waals surface area contributed by atoms with Crippen molar-refractivity contribution >= 4 is 43.5 Å². The number of anilines is 1. The molecule has 6 heteroatoms. The minimum absolute atomic E-state index is 0.0248. The maximum Gasteiger partial charge on any atom is 0.238 e. The van der Waals surface area contributed by atoms with Gasteiger partial charge in [-0.15, -0.1) is 0 Å². The largest absolute Gasteiger partial charge is 0.324 e. The molecule has 1 saturated heterocycles. The number of benzene rings is 1. The zero-order valence-electron chi connectivity index (χ0n) is 10.7. The van der Waals surface area contributed by atoms with Gasteiger partial charge in [-0.3, -0.25) is 9.69 Å². The van der Waals surface area contributed by atoms with Crippen molar-refractivity contribution in [3.8, 4) is 0 Å². The summed E-state index contributed by atoms with van der Waals surface area (Å²) in [5, 5.41) is 6.25. The lowest BCUT2D eigenvalue weighted by atomic mass is 10.2. The topological polar surface area (TPSA) is 44.4 Å². The standard InChI is InChI=1S/C13H17Br2N3O/c1-9-7-16-4-5-18(9)8-13(19)17-12-3-2-10(14)6-11(12)15/h2-3,6,9,16H,4-5,7-8H2,1H3,(H,17,19)/t9-/m1/s1. The van der Waals surface area contributed by atoms with Gasteiger partial charge in [0.05, 0.1) is 12.2 Å². The highest BCUT2D eigenvalue weighted by Crippen LogP contribution is 2.26. The number of hydrogen-bond donors (Lipinski definition) is 2. The van der Waals surface area contributed by atoms with Crippen LogP contribution < -0.4 is 10.6 Å². The van der Waals surface area contributed by atoms with Crippen LogP contribution in [0.2, 0.25) is 0 Å². The quantitative estimate of drug-likeness (QED) is 0.833. The second-order valence-corrected chi connectivity index (χ2v) is 6.47. The number of carbonyl (C=O) groups excluding carboxylic acids is 1. The van der Waals surface area contributed by atoms with Gasteiger partial charge in [-0.05, 0) is 41.1 Å². The van der Waals surface area contributed by atoms with Gasteiger partial charge in [0.15, 0.2) is 0 Å². The molecule has 1 aromatic carbocycles. The number of nitrogens with one attached hydrogen (secondary N) is 2. The van der Waals surface area contributed by atoms with Gasteiger partial charge in [0.25, 0.3) is 0 Å². The van der Waals surface area contributed by atoms with Crippen molar-refractivity contribution < 1.29 is 4.79 Å². The number of carbonyl (C=O) groups is 1. The molecule has 1 aliphatic rings. The van der Waals surface area contributed by atoms with Crippen molar-refractivity contribution in [3.63, 3.8) is 0 Å². The zero-order chi connectivity index (χ0) is 13.8. The average molecular weight is 391 g/mol. The molecule has 0 aromatic heterocycles. The number of rotatable bonds is 3. The summed E-state index contributed by atoms with van der Waals surface area (Å²) >= 11 is 6.84. The summed E-state index contributed by atoms with van der Waals surface area (Å²) in [7, 11) is 0. The Hall–Kier alpha value is -0.430.